The average Bonchev–Trinajstić information content (AvgIpc) is 2.65. The summed E-state index contributed by atoms with van der Waals surface area (Å²) in [6, 6.07) is 5.75. The van der Waals surface area contributed by atoms with E-state index in [-0.39, 0.29) is 21.9 Å². The zero-order valence-electron chi connectivity index (χ0n) is 11.4. The van der Waals surface area contributed by atoms with Crippen molar-refractivity contribution in [2.75, 3.05) is 12.0 Å². The molecule has 2 N–H and O–H groups in total. The molecule has 0 amide bonds. The maximum atomic E-state index is 12.4. The number of nitrogens with two attached hydrogens (primary N) is 1. The zero-order chi connectivity index (χ0) is 15.1. The molecule has 2 aromatic rings. The van der Waals surface area contributed by atoms with Gasteiger partial charge >= 0.3 is 0 Å². The van der Waals surface area contributed by atoms with Crippen molar-refractivity contribution in [1.29, 1.82) is 0 Å². The fourth-order valence-electron chi connectivity index (χ4n) is 1.98. The van der Waals surface area contributed by atoms with Crippen molar-refractivity contribution in [2.24, 2.45) is 0 Å². The smallest absolute Gasteiger partial charge is 0.196 e. The normalized spacial score (nSPS) is 11.6. The first-order chi connectivity index (χ1) is 9.18. The molecule has 0 atom stereocenters. The molecule has 0 spiro atoms. The average molecular weight is 293 g/mol. The number of nitrogen functional groups attached to an aromatic ring is 1. The van der Waals surface area contributed by atoms with Crippen molar-refractivity contribution in [3.8, 4) is 0 Å². The van der Waals surface area contributed by atoms with Crippen molar-refractivity contribution in [1.82, 2.24) is 0 Å². The number of benzene rings is 1. The molecule has 106 valence electrons. The Morgan fingerprint density at radius 3 is 2.30 bits per heavy atom. The Morgan fingerprint density at radius 2 is 1.80 bits per heavy atom. The highest BCUT2D eigenvalue weighted by Crippen LogP contribution is 2.22. The Bertz CT molecular complexity index is 788. The highest BCUT2D eigenvalue weighted by Gasteiger charge is 2.18. The summed E-state index contributed by atoms with van der Waals surface area (Å²) in [6.45, 7) is 3.43. The van der Waals surface area contributed by atoms with Crippen LogP contribution in [-0.2, 0) is 9.84 Å². The summed E-state index contributed by atoms with van der Waals surface area (Å²) in [5.41, 5.74) is 6.55. The fraction of sp³-hybridized carbons (Fsp3) is 0.214. The SMILES string of the molecule is Cc1cc(C(=O)c2cc(N)cc(S(C)(=O)=O)c2)c(C)o1. The van der Waals surface area contributed by atoms with Crippen LogP contribution in [-0.4, -0.2) is 20.5 Å². The number of sulfone groups is 1. The summed E-state index contributed by atoms with van der Waals surface area (Å²) in [4.78, 5) is 12.4. The van der Waals surface area contributed by atoms with E-state index >= 15 is 0 Å². The molecular formula is C14H15NO4S. The van der Waals surface area contributed by atoms with Crippen LogP contribution in [0, 0.1) is 13.8 Å². The van der Waals surface area contributed by atoms with Crippen LogP contribution in [0.15, 0.2) is 33.6 Å². The third kappa shape index (κ3) is 2.75. The quantitative estimate of drug-likeness (QED) is 0.691. The molecule has 5 nitrogen and oxygen atoms in total. The van der Waals surface area contributed by atoms with Gasteiger partial charge in [0.25, 0.3) is 0 Å². The molecule has 1 heterocycles. The number of furan rings is 1. The molecule has 0 saturated carbocycles. The van der Waals surface area contributed by atoms with Crippen LogP contribution >= 0.6 is 0 Å². The standard InChI is InChI=1S/C14H15NO4S/c1-8-4-13(9(2)19-8)14(16)10-5-11(15)7-12(6-10)20(3,17)18/h4-7H,15H2,1-3H3. The lowest BCUT2D eigenvalue weighted by Crippen LogP contribution is -2.06. The van der Waals surface area contributed by atoms with E-state index in [1.54, 1.807) is 19.9 Å². The molecule has 20 heavy (non-hydrogen) atoms. The van der Waals surface area contributed by atoms with Crippen LogP contribution in [0.1, 0.15) is 27.4 Å². The van der Waals surface area contributed by atoms with E-state index in [4.69, 9.17) is 10.2 Å². The predicted octanol–water partition coefficient (Wildman–Crippen LogP) is 2.11. The highest BCUT2D eigenvalue weighted by molar-refractivity contribution is 7.90. The second-order valence-electron chi connectivity index (χ2n) is 4.72. The van der Waals surface area contributed by atoms with Gasteiger partial charge in [-0.25, -0.2) is 8.42 Å². The minimum atomic E-state index is -3.42. The Balaban J connectivity index is 2.56. The molecule has 0 bridgehead atoms. The Morgan fingerprint density at radius 1 is 1.15 bits per heavy atom. The van der Waals surface area contributed by atoms with Gasteiger partial charge in [-0.3, -0.25) is 4.79 Å². The van der Waals surface area contributed by atoms with Crippen molar-refractivity contribution >= 4 is 21.3 Å². The maximum Gasteiger partial charge on any atom is 0.196 e. The molecule has 6 heteroatoms. The number of hydrogen-bond acceptors (Lipinski definition) is 5. The van der Waals surface area contributed by atoms with Crippen molar-refractivity contribution in [2.45, 2.75) is 18.7 Å². The van der Waals surface area contributed by atoms with Crippen LogP contribution in [0.4, 0.5) is 5.69 Å². The fourth-order valence-corrected chi connectivity index (χ4v) is 2.67. The van der Waals surface area contributed by atoms with Gasteiger partial charge < -0.3 is 10.2 Å². The van der Waals surface area contributed by atoms with Gasteiger partial charge in [-0.15, -0.1) is 0 Å². The third-order valence-corrected chi connectivity index (χ3v) is 4.00. The maximum absolute atomic E-state index is 12.4. The summed E-state index contributed by atoms with van der Waals surface area (Å²) in [5.74, 6) is 0.811. The minimum absolute atomic E-state index is 0.0266. The number of anilines is 1. The molecule has 1 aromatic carbocycles. The summed E-state index contributed by atoms with van der Waals surface area (Å²) in [6.07, 6.45) is 1.07. The minimum Gasteiger partial charge on any atom is -0.466 e. The topological polar surface area (TPSA) is 90.4 Å². The van der Waals surface area contributed by atoms with Crippen molar-refractivity contribution in [3.63, 3.8) is 0 Å². The molecule has 0 unspecified atom stereocenters. The predicted molar refractivity (Wildman–Crippen MR) is 75.6 cm³/mol. The van der Waals surface area contributed by atoms with Gasteiger partial charge in [0.1, 0.15) is 11.5 Å². The summed E-state index contributed by atoms with van der Waals surface area (Å²) in [7, 11) is -3.42. The summed E-state index contributed by atoms with van der Waals surface area (Å²) < 4.78 is 28.5. The van der Waals surface area contributed by atoms with Crippen molar-refractivity contribution < 1.29 is 17.6 Å². The Labute approximate surface area is 117 Å². The van der Waals surface area contributed by atoms with Gasteiger partial charge in [0.2, 0.25) is 0 Å². The number of aryl methyl sites for hydroxylation is 2. The number of carbonyl (C=O) groups excluding carboxylic acids is 1. The van der Waals surface area contributed by atoms with E-state index in [0.29, 0.717) is 17.1 Å². The molecule has 0 radical (unpaired) electrons. The molecule has 0 aliphatic heterocycles. The lowest BCUT2D eigenvalue weighted by molar-refractivity contribution is 0.103. The van der Waals surface area contributed by atoms with Crippen LogP contribution in [0.5, 0.6) is 0 Å². The second kappa shape index (κ2) is 4.79. The van der Waals surface area contributed by atoms with Gasteiger partial charge in [-0.05, 0) is 38.1 Å². The first-order valence-corrected chi connectivity index (χ1v) is 7.80. The van der Waals surface area contributed by atoms with E-state index in [9.17, 15) is 13.2 Å². The van der Waals surface area contributed by atoms with Gasteiger partial charge in [0, 0.05) is 17.5 Å². The van der Waals surface area contributed by atoms with E-state index in [0.717, 1.165) is 6.26 Å². The van der Waals surface area contributed by atoms with Crippen LogP contribution in [0.25, 0.3) is 0 Å². The van der Waals surface area contributed by atoms with E-state index in [2.05, 4.69) is 0 Å². The summed E-state index contributed by atoms with van der Waals surface area (Å²) >= 11 is 0. The molecule has 0 aliphatic carbocycles. The first-order valence-electron chi connectivity index (χ1n) is 5.91. The Kier molecular flexibility index (Phi) is 3.43. The monoisotopic (exact) mass is 293 g/mol. The van der Waals surface area contributed by atoms with E-state index in [1.165, 1.54) is 18.2 Å². The van der Waals surface area contributed by atoms with Crippen LogP contribution < -0.4 is 5.73 Å². The first kappa shape index (κ1) is 14.3. The van der Waals surface area contributed by atoms with Crippen LogP contribution in [0.3, 0.4) is 0 Å². The van der Waals surface area contributed by atoms with Gasteiger partial charge in [-0.1, -0.05) is 0 Å². The summed E-state index contributed by atoms with van der Waals surface area (Å²) in [5, 5.41) is 0. The largest absolute Gasteiger partial charge is 0.466 e. The molecule has 1 aromatic heterocycles. The second-order valence-corrected chi connectivity index (χ2v) is 6.73. The molecule has 0 saturated heterocycles. The number of hydrogen-bond donors (Lipinski definition) is 1. The highest BCUT2D eigenvalue weighted by atomic mass is 32.2. The molecule has 0 aliphatic rings. The molecular weight excluding hydrogens is 278 g/mol. The Hall–Kier alpha value is -2.08. The molecule has 0 fully saturated rings. The van der Waals surface area contributed by atoms with Gasteiger partial charge in [0.15, 0.2) is 15.6 Å². The van der Waals surface area contributed by atoms with Crippen LogP contribution in [0.2, 0.25) is 0 Å². The van der Waals surface area contributed by atoms with Gasteiger partial charge in [-0.2, -0.15) is 0 Å². The van der Waals surface area contributed by atoms with Crippen molar-refractivity contribution in [3.05, 3.63) is 46.9 Å². The van der Waals surface area contributed by atoms with E-state index in [1.807, 2.05) is 0 Å². The van der Waals surface area contributed by atoms with E-state index < -0.39 is 9.84 Å². The third-order valence-electron chi connectivity index (χ3n) is 2.90. The lowest BCUT2D eigenvalue weighted by atomic mass is 10.0. The molecule has 2 rings (SSSR count). The number of ketones is 1. The zero-order valence-corrected chi connectivity index (χ0v) is 12.2. The van der Waals surface area contributed by atoms with Gasteiger partial charge in [0.05, 0.1) is 10.5 Å². The lowest BCUT2D eigenvalue weighted by Gasteiger charge is -2.05. The number of rotatable bonds is 3. The number of carbonyl (C=O) groups is 1.